The topological polar surface area (TPSA) is 131 Å². The highest BCUT2D eigenvalue weighted by Gasteiger charge is 2.19. The number of hydrogen-bond acceptors (Lipinski definition) is 7. The van der Waals surface area contributed by atoms with E-state index in [1.165, 1.54) is 0 Å². The summed E-state index contributed by atoms with van der Waals surface area (Å²) in [5.74, 6) is -1.23. The maximum Gasteiger partial charge on any atom is 0.323 e. The highest BCUT2D eigenvalue weighted by molar-refractivity contribution is 5.82. The fourth-order valence-electron chi connectivity index (χ4n) is 0.761. The van der Waals surface area contributed by atoms with Crippen molar-refractivity contribution in [2.45, 2.75) is 12.5 Å². The van der Waals surface area contributed by atoms with Crippen molar-refractivity contribution in [3.8, 4) is 0 Å². The van der Waals surface area contributed by atoms with Crippen molar-refractivity contribution in [2.24, 2.45) is 17.2 Å². The van der Waals surface area contributed by atoms with Gasteiger partial charge in [0.15, 0.2) is 0 Å². The largest absolute Gasteiger partial charge is 0.464 e. The van der Waals surface area contributed by atoms with Crippen LogP contribution in [0, 0.1) is 0 Å². The Hall–Kier alpha value is -1.18. The molecule has 15 heavy (non-hydrogen) atoms. The Bertz CT molecular complexity index is 210. The first-order chi connectivity index (χ1) is 7.11. The Morgan fingerprint density at radius 1 is 1.07 bits per heavy atom. The third-order valence-corrected chi connectivity index (χ3v) is 1.43. The van der Waals surface area contributed by atoms with E-state index in [2.05, 4.69) is 9.47 Å². The van der Waals surface area contributed by atoms with E-state index < -0.39 is 18.0 Å². The van der Waals surface area contributed by atoms with Crippen molar-refractivity contribution in [1.82, 2.24) is 0 Å². The Balaban J connectivity index is 3.75. The third kappa shape index (κ3) is 6.83. The van der Waals surface area contributed by atoms with Crippen LogP contribution in [0.1, 0.15) is 6.42 Å². The molecule has 88 valence electrons. The van der Waals surface area contributed by atoms with E-state index in [-0.39, 0.29) is 32.7 Å². The number of esters is 2. The van der Waals surface area contributed by atoms with Gasteiger partial charge < -0.3 is 26.7 Å². The second-order valence-electron chi connectivity index (χ2n) is 2.78. The van der Waals surface area contributed by atoms with Gasteiger partial charge in [0.05, 0.1) is 6.42 Å². The summed E-state index contributed by atoms with van der Waals surface area (Å²) in [7, 11) is 0. The minimum Gasteiger partial charge on any atom is -0.464 e. The van der Waals surface area contributed by atoms with Gasteiger partial charge in [0.2, 0.25) is 0 Å². The molecule has 7 heteroatoms. The van der Waals surface area contributed by atoms with Crippen LogP contribution in [0.5, 0.6) is 0 Å². The van der Waals surface area contributed by atoms with E-state index in [1.54, 1.807) is 0 Å². The lowest BCUT2D eigenvalue weighted by Crippen LogP contribution is -2.36. The van der Waals surface area contributed by atoms with E-state index >= 15 is 0 Å². The maximum atomic E-state index is 11.1. The summed E-state index contributed by atoms with van der Waals surface area (Å²) < 4.78 is 9.28. The average Bonchev–Trinajstić information content (AvgIpc) is 2.22. The van der Waals surface area contributed by atoms with Crippen LogP contribution in [0.2, 0.25) is 0 Å². The maximum absolute atomic E-state index is 11.1. The average molecular weight is 219 g/mol. The molecular weight excluding hydrogens is 202 g/mol. The molecule has 0 bridgehead atoms. The zero-order valence-electron chi connectivity index (χ0n) is 8.48. The number of ether oxygens (including phenoxy) is 2. The quantitative estimate of drug-likeness (QED) is 0.410. The highest BCUT2D eigenvalue weighted by Crippen LogP contribution is 1.95. The zero-order valence-corrected chi connectivity index (χ0v) is 8.48. The van der Waals surface area contributed by atoms with Gasteiger partial charge in [-0.15, -0.1) is 0 Å². The third-order valence-electron chi connectivity index (χ3n) is 1.43. The van der Waals surface area contributed by atoms with Gasteiger partial charge in [-0.2, -0.15) is 0 Å². The fourth-order valence-corrected chi connectivity index (χ4v) is 0.761. The van der Waals surface area contributed by atoms with E-state index in [0.29, 0.717) is 0 Å². The Kier molecular flexibility index (Phi) is 7.51. The number of carbonyl (C=O) groups excluding carboxylic acids is 2. The monoisotopic (exact) mass is 219 g/mol. The smallest absolute Gasteiger partial charge is 0.323 e. The molecule has 0 aromatic heterocycles. The Morgan fingerprint density at radius 3 is 2.13 bits per heavy atom. The zero-order chi connectivity index (χ0) is 11.7. The second-order valence-corrected chi connectivity index (χ2v) is 2.78. The van der Waals surface area contributed by atoms with Gasteiger partial charge in [-0.25, -0.2) is 0 Å². The molecule has 0 saturated heterocycles. The van der Waals surface area contributed by atoms with Crippen molar-refractivity contribution in [3.05, 3.63) is 0 Å². The summed E-state index contributed by atoms with van der Waals surface area (Å²) in [5, 5.41) is 0. The van der Waals surface area contributed by atoms with Crippen LogP contribution in [0.25, 0.3) is 0 Å². The Labute approximate surface area is 87.9 Å². The van der Waals surface area contributed by atoms with Crippen LogP contribution >= 0.6 is 0 Å². The SMILES string of the molecule is NCCOC(=O)C[C@H](N)C(=O)OCCN. The van der Waals surface area contributed by atoms with E-state index in [9.17, 15) is 9.59 Å². The molecule has 0 unspecified atom stereocenters. The molecule has 0 rings (SSSR count). The first-order valence-corrected chi connectivity index (χ1v) is 4.59. The molecule has 0 spiro atoms. The molecular formula is C8H17N3O4. The lowest BCUT2D eigenvalue weighted by molar-refractivity contribution is -0.151. The summed E-state index contributed by atoms with van der Waals surface area (Å²) in [6.45, 7) is 0.655. The van der Waals surface area contributed by atoms with Gasteiger partial charge in [-0.3, -0.25) is 9.59 Å². The summed E-state index contributed by atoms with van der Waals surface area (Å²) >= 11 is 0. The second kappa shape index (κ2) is 8.16. The number of carbonyl (C=O) groups is 2. The normalized spacial score (nSPS) is 11.9. The molecule has 0 aliphatic carbocycles. The van der Waals surface area contributed by atoms with Crippen molar-refractivity contribution in [2.75, 3.05) is 26.3 Å². The lowest BCUT2D eigenvalue weighted by atomic mass is 10.2. The molecule has 0 aliphatic rings. The number of hydrogen-bond donors (Lipinski definition) is 3. The van der Waals surface area contributed by atoms with E-state index in [1.807, 2.05) is 0 Å². The van der Waals surface area contributed by atoms with Crippen LogP contribution in [0.3, 0.4) is 0 Å². The van der Waals surface area contributed by atoms with Crippen LogP contribution in [0.4, 0.5) is 0 Å². The van der Waals surface area contributed by atoms with Crippen molar-refractivity contribution < 1.29 is 19.1 Å². The molecule has 0 heterocycles. The van der Waals surface area contributed by atoms with Crippen molar-refractivity contribution in [3.63, 3.8) is 0 Å². The molecule has 0 fully saturated rings. The number of nitrogens with two attached hydrogens (primary N) is 3. The van der Waals surface area contributed by atoms with Crippen LogP contribution in [0.15, 0.2) is 0 Å². The molecule has 1 atom stereocenters. The predicted octanol–water partition coefficient (Wildman–Crippen LogP) is -2.29. The molecule has 0 aromatic carbocycles. The van der Waals surface area contributed by atoms with Gasteiger partial charge in [0.25, 0.3) is 0 Å². The fraction of sp³-hybridized carbons (Fsp3) is 0.750. The van der Waals surface area contributed by atoms with Gasteiger partial charge in [-0.1, -0.05) is 0 Å². The van der Waals surface area contributed by atoms with Gasteiger partial charge in [0, 0.05) is 13.1 Å². The van der Waals surface area contributed by atoms with Crippen LogP contribution < -0.4 is 17.2 Å². The first-order valence-electron chi connectivity index (χ1n) is 4.59. The summed E-state index contributed by atoms with van der Waals surface area (Å²) in [4.78, 5) is 22.1. The van der Waals surface area contributed by atoms with Gasteiger partial charge >= 0.3 is 11.9 Å². The van der Waals surface area contributed by atoms with Crippen molar-refractivity contribution in [1.29, 1.82) is 0 Å². The van der Waals surface area contributed by atoms with Gasteiger partial charge in [0.1, 0.15) is 19.3 Å². The van der Waals surface area contributed by atoms with Crippen LogP contribution in [-0.2, 0) is 19.1 Å². The minimum atomic E-state index is -1.01. The van der Waals surface area contributed by atoms with E-state index in [0.717, 1.165) is 0 Å². The minimum absolute atomic E-state index is 0.0877. The first kappa shape index (κ1) is 13.8. The highest BCUT2D eigenvalue weighted by atomic mass is 16.5. The van der Waals surface area contributed by atoms with Gasteiger partial charge in [-0.05, 0) is 0 Å². The predicted molar refractivity (Wildman–Crippen MR) is 52.6 cm³/mol. The summed E-state index contributed by atoms with van der Waals surface area (Å²) in [5.41, 5.74) is 15.6. The molecule has 7 nitrogen and oxygen atoms in total. The molecule has 0 aliphatic heterocycles. The standard InChI is InChI=1S/C8H17N3O4/c9-1-3-14-7(12)5-6(11)8(13)15-4-2-10/h6H,1-5,9-11H2/t6-/m0/s1. The summed E-state index contributed by atoms with van der Waals surface area (Å²) in [6, 6.07) is -1.01. The van der Waals surface area contributed by atoms with Crippen LogP contribution in [-0.4, -0.2) is 44.3 Å². The molecule has 0 amide bonds. The molecule has 0 aromatic rings. The van der Waals surface area contributed by atoms with Crippen molar-refractivity contribution >= 4 is 11.9 Å². The summed E-state index contributed by atoms with van der Waals surface area (Å²) in [6.07, 6.45) is -0.219. The van der Waals surface area contributed by atoms with E-state index in [4.69, 9.17) is 17.2 Å². The Morgan fingerprint density at radius 2 is 1.60 bits per heavy atom. The molecule has 0 radical (unpaired) electrons. The lowest BCUT2D eigenvalue weighted by Gasteiger charge is -2.10. The molecule has 0 saturated carbocycles. The number of rotatable bonds is 7. The molecule has 6 N–H and O–H groups in total.